The number of hydrogen-bond acceptors (Lipinski definition) is 8. The van der Waals surface area contributed by atoms with E-state index < -0.39 is 15.3 Å². The van der Waals surface area contributed by atoms with Crippen LogP contribution in [0.1, 0.15) is 17.2 Å². The van der Waals surface area contributed by atoms with Gasteiger partial charge in [-0.25, -0.2) is 18.5 Å². The summed E-state index contributed by atoms with van der Waals surface area (Å²) in [6, 6.07) is 10.8. The summed E-state index contributed by atoms with van der Waals surface area (Å²) in [5.41, 5.74) is 1.46. The minimum atomic E-state index is -3.75. The summed E-state index contributed by atoms with van der Waals surface area (Å²) >= 11 is 3.05. The molecule has 10 heteroatoms. The zero-order chi connectivity index (χ0) is 19.7. The first-order chi connectivity index (χ1) is 13.4. The number of sulfonamides is 1. The molecule has 2 aromatic carbocycles. The molecule has 0 amide bonds. The molecule has 0 aliphatic carbocycles. The lowest BCUT2D eigenvalue weighted by molar-refractivity contribution is 0.174. The van der Waals surface area contributed by atoms with E-state index in [-0.39, 0.29) is 6.79 Å². The summed E-state index contributed by atoms with van der Waals surface area (Å²) in [4.78, 5) is 4.59. The van der Waals surface area contributed by atoms with Gasteiger partial charge in [-0.2, -0.15) is 0 Å². The standard InChI is InChI=1S/C18H18N2O5S3/c1-23-12-4-2-3-11(7-12)17(28(19,21)22)5-6-26-18-20-13-8-14-15(25-10-24-14)9-16(13)27-18/h2-4,7-9,17H,5-6,10H2,1H3,(H2,19,21,22). The highest BCUT2D eigenvalue weighted by molar-refractivity contribution is 8.01. The van der Waals surface area contributed by atoms with E-state index in [1.165, 1.54) is 23.1 Å². The highest BCUT2D eigenvalue weighted by atomic mass is 32.2. The lowest BCUT2D eigenvalue weighted by Gasteiger charge is -2.15. The van der Waals surface area contributed by atoms with Crippen molar-refractivity contribution in [3.05, 3.63) is 42.0 Å². The van der Waals surface area contributed by atoms with Crippen LogP contribution in [0, 0.1) is 0 Å². The Labute approximate surface area is 170 Å². The molecule has 3 aromatic rings. The van der Waals surface area contributed by atoms with E-state index in [2.05, 4.69) is 4.98 Å². The van der Waals surface area contributed by atoms with Crippen LogP contribution in [0.5, 0.6) is 17.2 Å². The van der Waals surface area contributed by atoms with Crippen LogP contribution in [0.15, 0.2) is 40.7 Å². The maximum Gasteiger partial charge on any atom is 0.231 e. The van der Waals surface area contributed by atoms with Crippen molar-refractivity contribution in [2.45, 2.75) is 16.0 Å². The third-order valence-electron chi connectivity index (χ3n) is 4.33. The van der Waals surface area contributed by atoms with Crippen molar-refractivity contribution in [1.29, 1.82) is 0 Å². The number of aromatic nitrogens is 1. The number of ether oxygens (including phenoxy) is 3. The largest absolute Gasteiger partial charge is 0.497 e. The minimum Gasteiger partial charge on any atom is -0.497 e. The molecule has 148 valence electrons. The number of nitrogens with two attached hydrogens (primary N) is 1. The Morgan fingerprint density at radius 2 is 2.07 bits per heavy atom. The van der Waals surface area contributed by atoms with Crippen LogP contribution in [-0.2, 0) is 10.0 Å². The van der Waals surface area contributed by atoms with Crippen LogP contribution in [-0.4, -0.2) is 33.1 Å². The lowest BCUT2D eigenvalue weighted by atomic mass is 10.1. The van der Waals surface area contributed by atoms with Crippen molar-refractivity contribution in [3.63, 3.8) is 0 Å². The molecule has 28 heavy (non-hydrogen) atoms. The van der Waals surface area contributed by atoms with Gasteiger partial charge in [0.15, 0.2) is 15.8 Å². The molecule has 0 fully saturated rings. The monoisotopic (exact) mass is 438 g/mol. The van der Waals surface area contributed by atoms with Crippen LogP contribution in [0.3, 0.4) is 0 Å². The highest BCUT2D eigenvalue weighted by Gasteiger charge is 2.24. The Kier molecular flexibility index (Phi) is 5.37. The molecule has 2 N–H and O–H groups in total. The van der Waals surface area contributed by atoms with Crippen molar-refractivity contribution < 1.29 is 22.6 Å². The number of thiazole rings is 1. The molecule has 0 spiro atoms. The quantitative estimate of drug-likeness (QED) is 0.563. The Morgan fingerprint density at radius 3 is 2.82 bits per heavy atom. The van der Waals surface area contributed by atoms with E-state index in [0.717, 1.165) is 20.3 Å². The maximum atomic E-state index is 12.1. The van der Waals surface area contributed by atoms with E-state index in [4.69, 9.17) is 19.3 Å². The molecule has 0 bridgehead atoms. The first kappa shape index (κ1) is 19.3. The number of benzene rings is 2. The number of thioether (sulfide) groups is 1. The number of hydrogen-bond donors (Lipinski definition) is 1. The van der Waals surface area contributed by atoms with E-state index in [1.54, 1.807) is 31.4 Å². The second kappa shape index (κ2) is 7.78. The Hall–Kier alpha value is -2.01. The van der Waals surface area contributed by atoms with Gasteiger partial charge in [0.25, 0.3) is 0 Å². The van der Waals surface area contributed by atoms with E-state index in [1.807, 2.05) is 12.1 Å². The van der Waals surface area contributed by atoms with Gasteiger partial charge in [-0.05, 0) is 24.1 Å². The summed E-state index contributed by atoms with van der Waals surface area (Å²) in [6.45, 7) is 0.230. The molecule has 1 atom stereocenters. The predicted molar refractivity (Wildman–Crippen MR) is 110 cm³/mol. The smallest absolute Gasteiger partial charge is 0.231 e. The Bertz CT molecular complexity index is 1070. The van der Waals surface area contributed by atoms with Crippen LogP contribution in [0.25, 0.3) is 10.2 Å². The summed E-state index contributed by atoms with van der Waals surface area (Å²) in [6.07, 6.45) is 0.370. The molecule has 1 aromatic heterocycles. The van der Waals surface area contributed by atoms with Gasteiger partial charge < -0.3 is 14.2 Å². The molecule has 0 saturated carbocycles. The average Bonchev–Trinajstić information content (AvgIpc) is 3.27. The van der Waals surface area contributed by atoms with Gasteiger partial charge in [0.05, 0.1) is 17.3 Å². The molecule has 1 unspecified atom stereocenters. The van der Waals surface area contributed by atoms with Crippen molar-refractivity contribution in [2.24, 2.45) is 5.14 Å². The van der Waals surface area contributed by atoms with Gasteiger partial charge in [-0.1, -0.05) is 23.9 Å². The van der Waals surface area contributed by atoms with E-state index in [9.17, 15) is 8.42 Å². The Morgan fingerprint density at radius 1 is 1.29 bits per heavy atom. The minimum absolute atomic E-state index is 0.230. The molecule has 7 nitrogen and oxygen atoms in total. The van der Waals surface area contributed by atoms with Gasteiger partial charge in [0.1, 0.15) is 11.0 Å². The molecule has 1 aliphatic rings. The van der Waals surface area contributed by atoms with E-state index in [0.29, 0.717) is 29.2 Å². The second-order valence-electron chi connectivity index (χ2n) is 6.14. The maximum absolute atomic E-state index is 12.1. The van der Waals surface area contributed by atoms with Crippen molar-refractivity contribution >= 4 is 43.3 Å². The summed E-state index contributed by atoms with van der Waals surface area (Å²) in [5.74, 6) is 2.58. The third-order valence-corrected chi connectivity index (χ3v) is 7.83. The number of methoxy groups -OCH3 is 1. The third kappa shape index (κ3) is 4.04. The zero-order valence-corrected chi connectivity index (χ0v) is 17.4. The molecular weight excluding hydrogens is 420 g/mol. The van der Waals surface area contributed by atoms with Crippen LogP contribution >= 0.6 is 23.1 Å². The molecule has 0 saturated heterocycles. The number of rotatable bonds is 7. The second-order valence-corrected chi connectivity index (χ2v) is 10.3. The first-order valence-corrected chi connectivity index (χ1v) is 11.8. The number of fused-ring (bicyclic) bond motifs is 2. The number of primary sulfonamides is 1. The van der Waals surface area contributed by atoms with Crippen LogP contribution in [0.2, 0.25) is 0 Å². The molecule has 4 rings (SSSR count). The van der Waals surface area contributed by atoms with Crippen molar-refractivity contribution in [2.75, 3.05) is 19.7 Å². The number of nitrogens with zero attached hydrogens (tertiary/aromatic N) is 1. The van der Waals surface area contributed by atoms with Gasteiger partial charge in [-0.15, -0.1) is 11.3 Å². The lowest BCUT2D eigenvalue weighted by Crippen LogP contribution is -2.22. The molecule has 1 aliphatic heterocycles. The van der Waals surface area contributed by atoms with Crippen molar-refractivity contribution in [1.82, 2.24) is 4.98 Å². The summed E-state index contributed by atoms with van der Waals surface area (Å²) < 4.78 is 42.1. The fourth-order valence-electron chi connectivity index (χ4n) is 2.97. The SMILES string of the molecule is COc1cccc(C(CCSc2nc3cc4c(cc3s2)OCO4)S(N)(=O)=O)c1. The Balaban J connectivity index is 1.48. The molecule has 0 radical (unpaired) electrons. The fourth-order valence-corrected chi connectivity index (χ4v) is 6.25. The van der Waals surface area contributed by atoms with Gasteiger partial charge in [0.2, 0.25) is 16.8 Å². The summed E-state index contributed by atoms with van der Waals surface area (Å²) in [7, 11) is -2.21. The van der Waals surface area contributed by atoms with Crippen LogP contribution in [0.4, 0.5) is 0 Å². The fraction of sp³-hybridized carbons (Fsp3) is 0.278. The van der Waals surface area contributed by atoms with Gasteiger partial charge in [0, 0.05) is 17.9 Å². The first-order valence-electron chi connectivity index (χ1n) is 8.42. The van der Waals surface area contributed by atoms with E-state index >= 15 is 0 Å². The van der Waals surface area contributed by atoms with Gasteiger partial charge >= 0.3 is 0 Å². The van der Waals surface area contributed by atoms with Gasteiger partial charge in [-0.3, -0.25) is 0 Å². The summed E-state index contributed by atoms with van der Waals surface area (Å²) in [5, 5.41) is 4.68. The predicted octanol–water partition coefficient (Wildman–Crippen LogP) is 3.55. The van der Waals surface area contributed by atoms with Crippen molar-refractivity contribution in [3.8, 4) is 17.2 Å². The normalized spacial score (nSPS) is 14.4. The highest BCUT2D eigenvalue weighted by Crippen LogP contribution is 2.40. The average molecular weight is 439 g/mol. The topological polar surface area (TPSA) is 101 Å². The molecule has 2 heterocycles. The molecular formula is C18H18N2O5S3. The zero-order valence-electron chi connectivity index (χ0n) is 15.0. The van der Waals surface area contributed by atoms with Crippen LogP contribution < -0.4 is 19.3 Å².